The van der Waals surface area contributed by atoms with Gasteiger partial charge in [0.1, 0.15) is 5.82 Å². The van der Waals surface area contributed by atoms with Gasteiger partial charge in [-0.3, -0.25) is 9.69 Å². The average molecular weight is 265 g/mol. The van der Waals surface area contributed by atoms with Crippen LogP contribution in [0.1, 0.15) is 30.1 Å². The third-order valence-corrected chi connectivity index (χ3v) is 3.76. The second kappa shape index (κ2) is 5.80. The third-order valence-electron chi connectivity index (χ3n) is 3.76. The van der Waals surface area contributed by atoms with Crippen molar-refractivity contribution in [3.63, 3.8) is 0 Å². The number of ether oxygens (including phenoxy) is 1. The fourth-order valence-electron chi connectivity index (χ4n) is 2.54. The molecule has 1 heterocycles. The summed E-state index contributed by atoms with van der Waals surface area (Å²) >= 11 is 0. The summed E-state index contributed by atoms with van der Waals surface area (Å²) in [4.78, 5) is 14.2. The van der Waals surface area contributed by atoms with Gasteiger partial charge in [0, 0.05) is 19.2 Å². The van der Waals surface area contributed by atoms with Crippen molar-refractivity contribution in [3.05, 3.63) is 35.6 Å². The Hall–Kier alpha value is -1.26. The largest absolute Gasteiger partial charge is 0.377 e. The number of likely N-dealkylation sites (tertiary alicyclic amines) is 1. The molecule has 1 aliphatic rings. The normalized spacial score (nSPS) is 24.4. The van der Waals surface area contributed by atoms with E-state index in [1.54, 1.807) is 7.11 Å². The zero-order chi connectivity index (χ0) is 13.9. The van der Waals surface area contributed by atoms with E-state index in [1.807, 2.05) is 0 Å². The van der Waals surface area contributed by atoms with Crippen LogP contribution in [0.25, 0.3) is 0 Å². The van der Waals surface area contributed by atoms with Gasteiger partial charge in [-0.2, -0.15) is 0 Å². The molecule has 3 nitrogen and oxygen atoms in total. The first-order chi connectivity index (χ1) is 9.02. The van der Waals surface area contributed by atoms with Gasteiger partial charge in [-0.15, -0.1) is 0 Å². The van der Waals surface area contributed by atoms with E-state index in [0.717, 1.165) is 25.9 Å². The predicted octanol–water partition coefficient (Wildman–Crippen LogP) is 2.51. The monoisotopic (exact) mass is 265 g/mol. The molecule has 0 amide bonds. The molecular weight excluding hydrogens is 245 g/mol. The van der Waals surface area contributed by atoms with Gasteiger partial charge in [-0.05, 0) is 50.6 Å². The second-order valence-electron chi connectivity index (χ2n) is 5.40. The Morgan fingerprint density at radius 1 is 1.42 bits per heavy atom. The van der Waals surface area contributed by atoms with Crippen LogP contribution in [0.15, 0.2) is 24.3 Å². The number of piperidine rings is 1. The summed E-state index contributed by atoms with van der Waals surface area (Å²) in [6.45, 7) is 4.11. The topological polar surface area (TPSA) is 29.5 Å². The molecule has 1 aromatic carbocycles. The Bertz CT molecular complexity index is 446. The molecule has 0 spiro atoms. The quantitative estimate of drug-likeness (QED) is 0.783. The molecule has 1 saturated heterocycles. The number of rotatable bonds is 4. The molecular formula is C15H20FNO2. The van der Waals surface area contributed by atoms with E-state index < -0.39 is 0 Å². The molecule has 0 saturated carbocycles. The number of carbonyl (C=O) groups is 1. The fraction of sp³-hybridized carbons (Fsp3) is 0.533. The van der Waals surface area contributed by atoms with Gasteiger partial charge in [0.25, 0.3) is 0 Å². The molecule has 1 atom stereocenters. The van der Waals surface area contributed by atoms with Crippen LogP contribution in [-0.4, -0.2) is 43.0 Å². The molecule has 0 bridgehead atoms. The maximum Gasteiger partial charge on any atom is 0.176 e. The standard InChI is InChI=1S/C15H20FNO2/c1-15(19-2)8-3-9-17(11-15)10-14(18)12-4-6-13(16)7-5-12/h4-7H,3,8-11H2,1-2H3. The summed E-state index contributed by atoms with van der Waals surface area (Å²) in [7, 11) is 1.71. The van der Waals surface area contributed by atoms with Crippen LogP contribution in [0.5, 0.6) is 0 Å². The van der Waals surface area contributed by atoms with Crippen molar-refractivity contribution < 1.29 is 13.9 Å². The molecule has 0 aliphatic carbocycles. The number of benzene rings is 1. The lowest BCUT2D eigenvalue weighted by Crippen LogP contribution is -2.48. The van der Waals surface area contributed by atoms with Crippen LogP contribution in [0.4, 0.5) is 4.39 Å². The fourth-order valence-corrected chi connectivity index (χ4v) is 2.54. The minimum absolute atomic E-state index is 0.0281. The molecule has 0 aromatic heterocycles. The highest BCUT2D eigenvalue weighted by Gasteiger charge is 2.31. The van der Waals surface area contributed by atoms with E-state index in [0.29, 0.717) is 12.1 Å². The van der Waals surface area contributed by atoms with E-state index in [4.69, 9.17) is 4.74 Å². The molecule has 1 aromatic rings. The van der Waals surface area contributed by atoms with E-state index in [1.165, 1.54) is 24.3 Å². The lowest BCUT2D eigenvalue weighted by Gasteiger charge is -2.39. The molecule has 1 unspecified atom stereocenters. The Kier molecular flexibility index (Phi) is 4.32. The van der Waals surface area contributed by atoms with Gasteiger partial charge in [0.2, 0.25) is 0 Å². The Balaban J connectivity index is 1.97. The summed E-state index contributed by atoms with van der Waals surface area (Å²) in [6, 6.07) is 5.72. The second-order valence-corrected chi connectivity index (χ2v) is 5.40. The van der Waals surface area contributed by atoms with Gasteiger partial charge >= 0.3 is 0 Å². The van der Waals surface area contributed by atoms with Crippen LogP contribution >= 0.6 is 0 Å². The highest BCUT2D eigenvalue weighted by Crippen LogP contribution is 2.23. The minimum Gasteiger partial charge on any atom is -0.377 e. The van der Waals surface area contributed by atoms with E-state index in [2.05, 4.69) is 11.8 Å². The number of hydrogen-bond donors (Lipinski definition) is 0. The maximum atomic E-state index is 12.8. The first-order valence-electron chi connectivity index (χ1n) is 6.59. The van der Waals surface area contributed by atoms with Crippen LogP contribution in [0.2, 0.25) is 0 Å². The van der Waals surface area contributed by atoms with Crippen molar-refractivity contribution in [1.29, 1.82) is 0 Å². The highest BCUT2D eigenvalue weighted by molar-refractivity contribution is 5.97. The molecule has 0 radical (unpaired) electrons. The number of ketones is 1. The molecule has 2 rings (SSSR count). The van der Waals surface area contributed by atoms with Crippen molar-refractivity contribution in [2.75, 3.05) is 26.7 Å². The van der Waals surface area contributed by atoms with Crippen LogP contribution in [0.3, 0.4) is 0 Å². The SMILES string of the molecule is COC1(C)CCCN(CC(=O)c2ccc(F)cc2)C1. The number of methoxy groups -OCH3 is 1. The van der Waals surface area contributed by atoms with Gasteiger partial charge in [-0.1, -0.05) is 0 Å². The van der Waals surface area contributed by atoms with Crippen molar-refractivity contribution in [1.82, 2.24) is 4.90 Å². The van der Waals surface area contributed by atoms with E-state index in [-0.39, 0.29) is 17.2 Å². The first kappa shape index (κ1) is 14.2. The Morgan fingerprint density at radius 3 is 2.74 bits per heavy atom. The predicted molar refractivity (Wildman–Crippen MR) is 71.8 cm³/mol. The first-order valence-corrected chi connectivity index (χ1v) is 6.59. The van der Waals surface area contributed by atoms with Crippen molar-refractivity contribution >= 4 is 5.78 Å². The molecule has 104 valence electrons. The lowest BCUT2D eigenvalue weighted by atomic mass is 9.94. The minimum atomic E-state index is -0.318. The van der Waals surface area contributed by atoms with Gasteiger partial charge in [0.05, 0.1) is 12.1 Å². The number of halogens is 1. The molecule has 19 heavy (non-hydrogen) atoms. The summed E-state index contributed by atoms with van der Waals surface area (Å²) in [6.07, 6.45) is 2.05. The van der Waals surface area contributed by atoms with Crippen molar-refractivity contribution in [2.24, 2.45) is 0 Å². The smallest absolute Gasteiger partial charge is 0.176 e. The summed E-state index contributed by atoms with van der Waals surface area (Å²) in [5, 5.41) is 0. The van der Waals surface area contributed by atoms with Gasteiger partial charge in [-0.25, -0.2) is 4.39 Å². The summed E-state index contributed by atoms with van der Waals surface area (Å²) in [5.41, 5.74) is 0.396. The molecule has 4 heteroatoms. The van der Waals surface area contributed by atoms with Crippen molar-refractivity contribution in [2.45, 2.75) is 25.4 Å². The number of Topliss-reactive ketones (excluding diaryl/α,β-unsaturated/α-hetero) is 1. The maximum absolute atomic E-state index is 12.8. The van der Waals surface area contributed by atoms with Crippen molar-refractivity contribution in [3.8, 4) is 0 Å². The van der Waals surface area contributed by atoms with Gasteiger partial charge < -0.3 is 4.74 Å². The number of carbonyl (C=O) groups excluding carboxylic acids is 1. The van der Waals surface area contributed by atoms with E-state index in [9.17, 15) is 9.18 Å². The average Bonchev–Trinajstić information content (AvgIpc) is 2.39. The highest BCUT2D eigenvalue weighted by atomic mass is 19.1. The van der Waals surface area contributed by atoms with Crippen LogP contribution < -0.4 is 0 Å². The van der Waals surface area contributed by atoms with Crippen LogP contribution in [0, 0.1) is 5.82 Å². The molecule has 1 aliphatic heterocycles. The Labute approximate surface area is 113 Å². The van der Waals surface area contributed by atoms with Crippen LogP contribution in [-0.2, 0) is 4.74 Å². The zero-order valence-corrected chi connectivity index (χ0v) is 11.5. The zero-order valence-electron chi connectivity index (χ0n) is 11.5. The van der Waals surface area contributed by atoms with E-state index >= 15 is 0 Å². The summed E-state index contributed by atoms with van der Waals surface area (Å²) in [5.74, 6) is -0.290. The number of nitrogens with zero attached hydrogens (tertiary/aromatic N) is 1. The van der Waals surface area contributed by atoms with Gasteiger partial charge in [0.15, 0.2) is 5.78 Å². The lowest BCUT2D eigenvalue weighted by molar-refractivity contribution is -0.0485. The summed E-state index contributed by atoms with van der Waals surface area (Å²) < 4.78 is 18.3. The molecule has 0 N–H and O–H groups in total. The molecule has 1 fully saturated rings. The third kappa shape index (κ3) is 3.61. The number of hydrogen-bond acceptors (Lipinski definition) is 3. The Morgan fingerprint density at radius 2 is 2.11 bits per heavy atom.